The fraction of sp³-hybridized carbons (Fsp3) is 0.731. The molecule has 0 bridgehead atoms. The average Bonchev–Trinajstić information content (AvgIpc) is 2.68. The van der Waals surface area contributed by atoms with Crippen LogP contribution in [-0.4, -0.2) is 31.1 Å². The molecule has 166 valence electrons. The molecule has 1 aromatic carbocycles. The fourth-order valence-corrected chi connectivity index (χ4v) is 4.05. The van der Waals surface area contributed by atoms with Crippen molar-refractivity contribution in [3.63, 3.8) is 0 Å². The summed E-state index contributed by atoms with van der Waals surface area (Å²) in [5, 5.41) is 10.8. The molecular formula is C26H45NO2. The standard InChI is InChI=1S/C26H45NO2/c1-4-5-6-7-8-9-10-11-12-13-14-15-16-17-22-27(2,3)23-24-18-20-25(21-19-24)26(28)29/h18-21H,4-17,22-23H2,1-3H3. The second-order valence-corrected chi connectivity index (χ2v) is 9.40. The van der Waals surface area contributed by atoms with Gasteiger partial charge in [-0.1, -0.05) is 108 Å². The van der Waals surface area contributed by atoms with E-state index < -0.39 is 5.97 Å². The quantitative estimate of drug-likeness (QED) is 0.219. The maximum Gasteiger partial charge on any atom is 0.104 e. The summed E-state index contributed by atoms with van der Waals surface area (Å²) in [6, 6.07) is 7.13. The van der Waals surface area contributed by atoms with Crippen molar-refractivity contribution < 1.29 is 14.4 Å². The maximum atomic E-state index is 10.8. The van der Waals surface area contributed by atoms with E-state index in [0.29, 0.717) is 0 Å². The summed E-state index contributed by atoms with van der Waals surface area (Å²) < 4.78 is 0.947. The van der Waals surface area contributed by atoms with Gasteiger partial charge in [0, 0.05) is 5.56 Å². The molecule has 0 aliphatic rings. The molecular weight excluding hydrogens is 358 g/mol. The summed E-state index contributed by atoms with van der Waals surface area (Å²) in [6.07, 6.45) is 19.5. The Kier molecular flexibility index (Phi) is 13.7. The smallest absolute Gasteiger partial charge is 0.104 e. The van der Waals surface area contributed by atoms with Gasteiger partial charge < -0.3 is 14.4 Å². The first-order valence-electron chi connectivity index (χ1n) is 12.1. The van der Waals surface area contributed by atoms with Gasteiger partial charge in [-0.05, 0) is 18.4 Å². The number of hydrogen-bond donors (Lipinski definition) is 0. The monoisotopic (exact) mass is 403 g/mol. The lowest BCUT2D eigenvalue weighted by Gasteiger charge is -2.30. The molecule has 0 aromatic heterocycles. The highest BCUT2D eigenvalue weighted by atomic mass is 16.4. The largest absolute Gasteiger partial charge is 0.545 e. The van der Waals surface area contributed by atoms with E-state index in [0.717, 1.165) is 11.0 Å². The summed E-state index contributed by atoms with van der Waals surface area (Å²) >= 11 is 0. The van der Waals surface area contributed by atoms with E-state index in [4.69, 9.17) is 0 Å². The lowest BCUT2D eigenvalue weighted by atomic mass is 10.0. The highest BCUT2D eigenvalue weighted by molar-refractivity contribution is 5.85. The number of benzene rings is 1. The van der Waals surface area contributed by atoms with E-state index in [1.807, 2.05) is 12.1 Å². The van der Waals surface area contributed by atoms with Gasteiger partial charge in [-0.15, -0.1) is 0 Å². The number of nitrogens with zero attached hydrogens (tertiary/aromatic N) is 1. The zero-order valence-corrected chi connectivity index (χ0v) is 19.4. The Hall–Kier alpha value is -1.35. The second-order valence-electron chi connectivity index (χ2n) is 9.40. The topological polar surface area (TPSA) is 40.1 Å². The van der Waals surface area contributed by atoms with Crippen LogP contribution >= 0.6 is 0 Å². The van der Waals surface area contributed by atoms with Crippen molar-refractivity contribution in [3.8, 4) is 0 Å². The summed E-state index contributed by atoms with van der Waals surface area (Å²) in [6.45, 7) is 4.38. The molecule has 0 saturated heterocycles. The minimum atomic E-state index is -1.10. The normalized spacial score (nSPS) is 11.7. The van der Waals surface area contributed by atoms with Crippen LogP contribution in [0.1, 0.15) is 113 Å². The Morgan fingerprint density at radius 3 is 1.55 bits per heavy atom. The molecule has 1 aromatic rings. The fourth-order valence-electron chi connectivity index (χ4n) is 4.05. The third-order valence-electron chi connectivity index (χ3n) is 5.92. The number of carboxylic acid groups (broad SMARTS) is 1. The summed E-state index contributed by atoms with van der Waals surface area (Å²) in [7, 11) is 4.52. The van der Waals surface area contributed by atoms with E-state index in [1.165, 1.54) is 102 Å². The second kappa shape index (κ2) is 15.5. The number of unbranched alkanes of at least 4 members (excludes halogenated alkanes) is 13. The van der Waals surface area contributed by atoms with E-state index in [-0.39, 0.29) is 5.56 Å². The summed E-state index contributed by atoms with van der Waals surface area (Å²) in [5.41, 5.74) is 1.44. The first-order chi connectivity index (χ1) is 13.9. The van der Waals surface area contributed by atoms with Crippen molar-refractivity contribution in [2.75, 3.05) is 20.6 Å². The van der Waals surface area contributed by atoms with Gasteiger partial charge in [-0.2, -0.15) is 0 Å². The molecule has 0 saturated carbocycles. The number of carbonyl (C=O) groups excluding carboxylic acids is 1. The van der Waals surface area contributed by atoms with Crippen molar-refractivity contribution in [2.45, 2.75) is 103 Å². The first-order valence-corrected chi connectivity index (χ1v) is 12.1. The molecule has 0 unspecified atom stereocenters. The van der Waals surface area contributed by atoms with Gasteiger partial charge in [0.25, 0.3) is 0 Å². The van der Waals surface area contributed by atoms with Crippen LogP contribution in [0.5, 0.6) is 0 Å². The number of carbonyl (C=O) groups is 1. The number of quaternary nitrogens is 1. The van der Waals surface area contributed by atoms with E-state index in [1.54, 1.807) is 12.1 Å². The zero-order valence-electron chi connectivity index (χ0n) is 19.4. The van der Waals surface area contributed by atoms with E-state index in [9.17, 15) is 9.90 Å². The van der Waals surface area contributed by atoms with E-state index >= 15 is 0 Å². The molecule has 0 amide bonds. The zero-order chi connectivity index (χ0) is 21.4. The first kappa shape index (κ1) is 25.7. The minimum Gasteiger partial charge on any atom is -0.545 e. The molecule has 0 atom stereocenters. The summed E-state index contributed by atoms with van der Waals surface area (Å²) in [5.74, 6) is -1.10. The highest BCUT2D eigenvalue weighted by Crippen LogP contribution is 2.15. The summed E-state index contributed by atoms with van der Waals surface area (Å²) in [4.78, 5) is 10.8. The maximum absolute atomic E-state index is 10.8. The van der Waals surface area contributed by atoms with Crippen molar-refractivity contribution in [2.24, 2.45) is 0 Å². The Morgan fingerprint density at radius 1 is 0.724 bits per heavy atom. The molecule has 0 fully saturated rings. The van der Waals surface area contributed by atoms with Crippen molar-refractivity contribution in [3.05, 3.63) is 35.4 Å². The molecule has 3 heteroatoms. The number of rotatable bonds is 18. The molecule has 29 heavy (non-hydrogen) atoms. The Morgan fingerprint density at radius 2 is 1.14 bits per heavy atom. The van der Waals surface area contributed by atoms with Crippen LogP contribution in [-0.2, 0) is 6.54 Å². The predicted octanol–water partition coefficient (Wildman–Crippen LogP) is 6.11. The number of hydrogen-bond acceptors (Lipinski definition) is 2. The van der Waals surface area contributed by atoms with Crippen molar-refractivity contribution in [1.29, 1.82) is 0 Å². The van der Waals surface area contributed by atoms with E-state index in [2.05, 4.69) is 21.0 Å². The van der Waals surface area contributed by atoms with Crippen molar-refractivity contribution >= 4 is 5.97 Å². The molecule has 3 nitrogen and oxygen atoms in total. The highest BCUT2D eigenvalue weighted by Gasteiger charge is 2.15. The van der Waals surface area contributed by atoms with Crippen LogP contribution in [0.4, 0.5) is 0 Å². The van der Waals surface area contributed by atoms with Gasteiger partial charge in [0.15, 0.2) is 0 Å². The molecule has 0 heterocycles. The van der Waals surface area contributed by atoms with Crippen LogP contribution in [0.15, 0.2) is 24.3 Å². The van der Waals surface area contributed by atoms with Gasteiger partial charge in [-0.25, -0.2) is 0 Å². The predicted molar refractivity (Wildman–Crippen MR) is 122 cm³/mol. The van der Waals surface area contributed by atoms with Crippen LogP contribution in [0.3, 0.4) is 0 Å². The van der Waals surface area contributed by atoms with Gasteiger partial charge in [0.1, 0.15) is 6.54 Å². The Labute approximate surface area is 180 Å². The SMILES string of the molecule is CCCCCCCCCCCCCCCC[N+](C)(C)Cc1ccc(C(=O)[O-])cc1. The Bertz CT molecular complexity index is 536. The van der Waals surface area contributed by atoms with Gasteiger partial charge in [0.05, 0.1) is 26.6 Å². The molecule has 1 rings (SSSR count). The lowest BCUT2D eigenvalue weighted by Crippen LogP contribution is -2.39. The number of carboxylic acids is 1. The Balaban J connectivity index is 1.98. The van der Waals surface area contributed by atoms with Crippen LogP contribution in [0.25, 0.3) is 0 Å². The minimum absolute atomic E-state index is 0.256. The van der Waals surface area contributed by atoms with Crippen molar-refractivity contribution in [1.82, 2.24) is 0 Å². The third kappa shape index (κ3) is 13.5. The lowest BCUT2D eigenvalue weighted by molar-refractivity contribution is -0.903. The van der Waals surface area contributed by atoms with Crippen LogP contribution in [0, 0.1) is 0 Å². The van der Waals surface area contributed by atoms with Gasteiger partial charge in [0.2, 0.25) is 0 Å². The van der Waals surface area contributed by atoms with Gasteiger partial charge in [-0.3, -0.25) is 0 Å². The van der Waals surface area contributed by atoms with Crippen LogP contribution < -0.4 is 5.11 Å². The number of aromatic carboxylic acids is 1. The average molecular weight is 404 g/mol. The van der Waals surface area contributed by atoms with Gasteiger partial charge >= 0.3 is 0 Å². The van der Waals surface area contributed by atoms with Crippen LogP contribution in [0.2, 0.25) is 0 Å². The molecule has 0 spiro atoms. The third-order valence-corrected chi connectivity index (χ3v) is 5.92. The molecule has 0 radical (unpaired) electrons. The molecule has 0 N–H and O–H groups in total. The molecule has 0 aliphatic heterocycles. The molecule has 0 aliphatic carbocycles.